The van der Waals surface area contributed by atoms with Gasteiger partial charge in [0, 0.05) is 6.42 Å². The van der Waals surface area contributed by atoms with Crippen molar-refractivity contribution < 1.29 is 9.84 Å². The van der Waals surface area contributed by atoms with Gasteiger partial charge in [0.2, 0.25) is 0 Å². The summed E-state index contributed by atoms with van der Waals surface area (Å²) in [7, 11) is 0. The second-order valence-corrected chi connectivity index (χ2v) is 6.85. The summed E-state index contributed by atoms with van der Waals surface area (Å²) in [6.07, 6.45) is 5.37. The summed E-state index contributed by atoms with van der Waals surface area (Å²) < 4.78 is 6.01. The van der Waals surface area contributed by atoms with Crippen LogP contribution in [0.1, 0.15) is 50.1 Å². The van der Waals surface area contributed by atoms with E-state index in [1.165, 1.54) is 5.56 Å². The van der Waals surface area contributed by atoms with Crippen molar-refractivity contribution in [1.29, 1.82) is 5.26 Å². The van der Waals surface area contributed by atoms with Crippen LogP contribution < -0.4 is 0 Å². The van der Waals surface area contributed by atoms with Crippen LogP contribution in [0, 0.1) is 11.3 Å². The molecule has 0 unspecified atom stereocenters. The van der Waals surface area contributed by atoms with Crippen LogP contribution in [-0.2, 0) is 4.74 Å². The Hall–Kier alpha value is -1.41. The van der Waals surface area contributed by atoms with Gasteiger partial charge in [-0.15, -0.1) is 0 Å². The molecule has 2 saturated heterocycles. The molecule has 1 spiro atoms. The van der Waals surface area contributed by atoms with E-state index in [1.54, 1.807) is 0 Å². The number of hydrogen-bond acceptors (Lipinski definition) is 4. The van der Waals surface area contributed by atoms with Gasteiger partial charge in [0.25, 0.3) is 0 Å². The molecule has 1 aliphatic carbocycles. The quantitative estimate of drug-likeness (QED) is 0.866. The van der Waals surface area contributed by atoms with Crippen LogP contribution in [0.25, 0.3) is 0 Å². The van der Waals surface area contributed by atoms with Gasteiger partial charge in [-0.3, -0.25) is 4.90 Å². The molecule has 4 rings (SSSR count). The average molecular weight is 298 g/mol. The van der Waals surface area contributed by atoms with Gasteiger partial charge in [0.15, 0.2) is 5.79 Å². The zero-order chi connectivity index (χ0) is 15.2. The van der Waals surface area contributed by atoms with Crippen molar-refractivity contribution in [2.45, 2.75) is 61.9 Å². The second-order valence-electron chi connectivity index (χ2n) is 6.85. The number of morpholine rings is 1. The molecule has 1 aromatic carbocycles. The molecule has 4 heteroatoms. The van der Waals surface area contributed by atoms with E-state index in [-0.39, 0.29) is 17.6 Å². The van der Waals surface area contributed by atoms with E-state index in [0.29, 0.717) is 13.0 Å². The van der Waals surface area contributed by atoms with Crippen LogP contribution in [0.2, 0.25) is 0 Å². The number of nitrogens with zero attached hydrogens (tertiary/aromatic N) is 2. The highest BCUT2D eigenvalue weighted by Crippen LogP contribution is 2.56. The smallest absolute Gasteiger partial charge is 0.184 e. The lowest BCUT2D eigenvalue weighted by atomic mass is 9.75. The van der Waals surface area contributed by atoms with Crippen molar-refractivity contribution >= 4 is 0 Å². The van der Waals surface area contributed by atoms with Gasteiger partial charge in [-0.1, -0.05) is 30.3 Å². The van der Waals surface area contributed by atoms with Gasteiger partial charge in [-0.05, 0) is 37.7 Å². The fraction of sp³-hybridized carbons (Fsp3) is 0.611. The lowest BCUT2D eigenvalue weighted by Gasteiger charge is -2.60. The Balaban J connectivity index is 1.81. The molecule has 116 valence electrons. The van der Waals surface area contributed by atoms with Crippen molar-refractivity contribution in [1.82, 2.24) is 4.90 Å². The third kappa shape index (κ3) is 1.80. The number of nitriles is 1. The molecule has 0 amide bonds. The first-order valence-corrected chi connectivity index (χ1v) is 8.30. The molecule has 3 fully saturated rings. The highest BCUT2D eigenvalue weighted by Gasteiger charge is 2.64. The van der Waals surface area contributed by atoms with Gasteiger partial charge in [-0.25, -0.2) is 0 Å². The summed E-state index contributed by atoms with van der Waals surface area (Å²) in [5.74, 6) is -1.08. The van der Waals surface area contributed by atoms with Gasteiger partial charge < -0.3 is 9.84 Å². The maximum atomic E-state index is 11.1. The molecular formula is C18H22N2O2. The summed E-state index contributed by atoms with van der Waals surface area (Å²) in [4.78, 5) is 2.31. The Labute approximate surface area is 131 Å². The molecule has 1 aromatic rings. The third-order valence-corrected chi connectivity index (χ3v) is 5.88. The number of rotatable bonds is 1. The third-order valence-electron chi connectivity index (χ3n) is 5.88. The molecule has 3 aliphatic rings. The van der Waals surface area contributed by atoms with Crippen molar-refractivity contribution in [3.8, 4) is 6.07 Å². The normalized spacial score (nSPS) is 41.5. The largest absolute Gasteiger partial charge is 0.364 e. The molecule has 2 heterocycles. The van der Waals surface area contributed by atoms with Crippen molar-refractivity contribution in [2.75, 3.05) is 6.61 Å². The Morgan fingerprint density at radius 1 is 1.18 bits per heavy atom. The standard InChI is InChI=1S/C18H22N2O2/c19-12-15-8-4-9-17-10-5-11-18(17,21)22-13-16(20(15)17)14-6-2-1-3-7-14/h1-3,6-7,15-16,21H,4-5,8-11,13H2/t15-,16-,17+,18-/m0/s1. The zero-order valence-electron chi connectivity index (χ0n) is 12.7. The van der Waals surface area contributed by atoms with E-state index in [1.807, 2.05) is 18.2 Å². The van der Waals surface area contributed by atoms with E-state index in [9.17, 15) is 10.4 Å². The average Bonchev–Trinajstić information content (AvgIpc) is 2.89. The van der Waals surface area contributed by atoms with E-state index in [2.05, 4.69) is 23.1 Å². The first-order valence-electron chi connectivity index (χ1n) is 8.30. The number of piperidine rings is 1. The monoisotopic (exact) mass is 298 g/mol. The van der Waals surface area contributed by atoms with Gasteiger partial charge in [-0.2, -0.15) is 5.26 Å². The molecule has 22 heavy (non-hydrogen) atoms. The van der Waals surface area contributed by atoms with Crippen LogP contribution in [0.15, 0.2) is 30.3 Å². The van der Waals surface area contributed by atoms with Crippen molar-refractivity contribution in [3.63, 3.8) is 0 Å². The Morgan fingerprint density at radius 3 is 2.73 bits per heavy atom. The van der Waals surface area contributed by atoms with Crippen LogP contribution in [0.4, 0.5) is 0 Å². The predicted octanol–water partition coefficient (Wildman–Crippen LogP) is 2.75. The number of ether oxygens (including phenoxy) is 1. The van der Waals surface area contributed by atoms with Crippen LogP contribution in [0.5, 0.6) is 0 Å². The summed E-state index contributed by atoms with van der Waals surface area (Å²) in [6, 6.07) is 12.7. The Kier molecular flexibility index (Phi) is 3.26. The zero-order valence-corrected chi connectivity index (χ0v) is 12.7. The molecule has 1 N–H and O–H groups in total. The van der Waals surface area contributed by atoms with Crippen LogP contribution in [0.3, 0.4) is 0 Å². The summed E-state index contributed by atoms with van der Waals surface area (Å²) >= 11 is 0. The summed E-state index contributed by atoms with van der Waals surface area (Å²) in [5, 5.41) is 20.8. The van der Waals surface area contributed by atoms with Crippen molar-refractivity contribution in [2.24, 2.45) is 0 Å². The van der Waals surface area contributed by atoms with E-state index >= 15 is 0 Å². The van der Waals surface area contributed by atoms with E-state index < -0.39 is 5.79 Å². The maximum absolute atomic E-state index is 11.1. The minimum atomic E-state index is -1.08. The van der Waals surface area contributed by atoms with Crippen molar-refractivity contribution in [3.05, 3.63) is 35.9 Å². The fourth-order valence-electron chi connectivity index (χ4n) is 4.93. The summed E-state index contributed by atoms with van der Waals surface area (Å²) in [5.41, 5.74) is 0.794. The van der Waals surface area contributed by atoms with Gasteiger partial charge in [0.05, 0.1) is 30.3 Å². The van der Waals surface area contributed by atoms with Crippen LogP contribution in [-0.4, -0.2) is 34.0 Å². The predicted molar refractivity (Wildman–Crippen MR) is 81.8 cm³/mol. The molecule has 0 aromatic heterocycles. The molecular weight excluding hydrogens is 276 g/mol. The molecule has 4 atom stereocenters. The number of hydrogen-bond donors (Lipinski definition) is 1. The van der Waals surface area contributed by atoms with E-state index in [4.69, 9.17) is 4.74 Å². The fourth-order valence-corrected chi connectivity index (χ4v) is 4.93. The lowest BCUT2D eigenvalue weighted by Crippen LogP contribution is -2.71. The first kappa shape index (κ1) is 14.2. The Bertz CT molecular complexity index is 599. The Morgan fingerprint density at radius 2 is 1.95 bits per heavy atom. The molecule has 0 bridgehead atoms. The minimum absolute atomic E-state index is 0.0597. The minimum Gasteiger partial charge on any atom is -0.364 e. The lowest BCUT2D eigenvalue weighted by molar-refractivity contribution is -0.320. The molecule has 2 aliphatic heterocycles. The van der Waals surface area contributed by atoms with E-state index in [0.717, 1.165) is 32.1 Å². The van der Waals surface area contributed by atoms with Gasteiger partial charge >= 0.3 is 0 Å². The number of aliphatic hydroxyl groups is 1. The number of benzene rings is 1. The SMILES string of the molecule is N#C[C@@H]1CCC[C@@]23CCC[C@]2(O)OC[C@@H](c2ccccc2)N13. The summed E-state index contributed by atoms with van der Waals surface area (Å²) in [6.45, 7) is 0.459. The molecule has 1 saturated carbocycles. The molecule has 0 radical (unpaired) electrons. The highest BCUT2D eigenvalue weighted by atomic mass is 16.6. The molecule has 4 nitrogen and oxygen atoms in total. The van der Waals surface area contributed by atoms with Crippen LogP contribution >= 0.6 is 0 Å². The van der Waals surface area contributed by atoms with Gasteiger partial charge in [0.1, 0.15) is 0 Å². The second kappa shape index (κ2) is 5.06. The first-order chi connectivity index (χ1) is 10.7. The topological polar surface area (TPSA) is 56.5 Å². The maximum Gasteiger partial charge on any atom is 0.184 e. The highest BCUT2D eigenvalue weighted by molar-refractivity contribution is 5.25.